The summed E-state index contributed by atoms with van der Waals surface area (Å²) in [6, 6.07) is 8.95. The quantitative estimate of drug-likeness (QED) is 0.796. The van der Waals surface area contributed by atoms with Crippen LogP contribution in [0.25, 0.3) is 0 Å². The van der Waals surface area contributed by atoms with Gasteiger partial charge in [-0.15, -0.1) is 11.6 Å². The van der Waals surface area contributed by atoms with Crippen LogP contribution in [0.2, 0.25) is 0 Å². The molecular weight excluding hydrogens is 210 g/mol. The van der Waals surface area contributed by atoms with Crippen molar-refractivity contribution in [1.29, 1.82) is 0 Å². The fourth-order valence-electron chi connectivity index (χ4n) is 1.76. The van der Waals surface area contributed by atoms with E-state index in [1.807, 2.05) is 0 Å². The van der Waals surface area contributed by atoms with Crippen LogP contribution in [0.4, 0.5) is 5.69 Å². The molecule has 0 amide bonds. The molecule has 0 radical (unpaired) electrons. The van der Waals surface area contributed by atoms with Gasteiger partial charge >= 0.3 is 0 Å². The molecule has 1 atom stereocenters. The molecule has 2 rings (SSSR count). The van der Waals surface area contributed by atoms with Crippen LogP contribution in [0, 0.1) is 0 Å². The maximum absolute atomic E-state index is 5.68. The molecular formula is C12H16ClNO. The summed E-state index contributed by atoms with van der Waals surface area (Å²) in [6.07, 6.45) is 2.04. The minimum atomic E-state index is 0.476. The van der Waals surface area contributed by atoms with Gasteiger partial charge in [0.15, 0.2) is 0 Å². The van der Waals surface area contributed by atoms with E-state index in [1.54, 1.807) is 0 Å². The fourth-order valence-corrected chi connectivity index (χ4v) is 1.98. The highest BCUT2D eigenvalue weighted by Gasteiger charge is 2.14. The number of anilines is 1. The second kappa shape index (κ2) is 5.38. The Morgan fingerprint density at radius 3 is 2.73 bits per heavy atom. The van der Waals surface area contributed by atoms with Crippen molar-refractivity contribution >= 4 is 17.3 Å². The highest BCUT2D eigenvalue weighted by atomic mass is 35.5. The molecule has 1 aliphatic heterocycles. The largest absolute Gasteiger partial charge is 0.380 e. The number of aryl methyl sites for hydroxylation is 1. The van der Waals surface area contributed by atoms with Gasteiger partial charge in [0, 0.05) is 18.2 Å². The zero-order chi connectivity index (χ0) is 10.5. The van der Waals surface area contributed by atoms with Crippen LogP contribution in [0.3, 0.4) is 0 Å². The summed E-state index contributed by atoms with van der Waals surface area (Å²) in [6.45, 7) is 1.70. The van der Waals surface area contributed by atoms with Gasteiger partial charge in [0.25, 0.3) is 0 Å². The van der Waals surface area contributed by atoms with Gasteiger partial charge in [-0.25, -0.2) is 0 Å². The Balaban J connectivity index is 1.91. The summed E-state index contributed by atoms with van der Waals surface area (Å²) in [5.74, 6) is 0.684. The van der Waals surface area contributed by atoms with E-state index in [2.05, 4.69) is 29.6 Å². The number of rotatable bonds is 4. The second-order valence-electron chi connectivity index (χ2n) is 3.84. The molecule has 2 nitrogen and oxygen atoms in total. The monoisotopic (exact) mass is 225 g/mol. The molecule has 0 bridgehead atoms. The summed E-state index contributed by atoms with van der Waals surface area (Å²) >= 11 is 5.68. The molecule has 1 saturated heterocycles. The molecule has 1 heterocycles. The van der Waals surface area contributed by atoms with E-state index in [-0.39, 0.29) is 0 Å². The Bertz CT molecular complexity index is 293. The standard InChI is InChI=1S/C12H16ClNO/c13-7-5-10-1-3-11(4-2-10)14-12-6-8-15-9-12/h1-4,12,14H,5-9H2. The second-order valence-corrected chi connectivity index (χ2v) is 4.22. The minimum absolute atomic E-state index is 0.476. The van der Waals surface area contributed by atoms with Gasteiger partial charge in [-0.1, -0.05) is 12.1 Å². The molecule has 1 unspecified atom stereocenters. The van der Waals surface area contributed by atoms with Crippen molar-refractivity contribution in [2.75, 3.05) is 24.4 Å². The summed E-state index contributed by atoms with van der Waals surface area (Å²) in [5.41, 5.74) is 2.46. The highest BCUT2D eigenvalue weighted by Crippen LogP contribution is 2.15. The van der Waals surface area contributed by atoms with E-state index < -0.39 is 0 Å². The first kappa shape index (κ1) is 10.8. The van der Waals surface area contributed by atoms with Crippen molar-refractivity contribution in [3.8, 4) is 0 Å². The Morgan fingerprint density at radius 1 is 1.33 bits per heavy atom. The molecule has 1 aromatic rings. The maximum atomic E-state index is 5.68. The molecule has 0 aliphatic carbocycles. The third-order valence-corrected chi connectivity index (χ3v) is 2.83. The summed E-state index contributed by atoms with van der Waals surface area (Å²) in [5, 5.41) is 3.45. The third-order valence-electron chi connectivity index (χ3n) is 2.64. The van der Waals surface area contributed by atoms with Crippen molar-refractivity contribution in [1.82, 2.24) is 0 Å². The van der Waals surface area contributed by atoms with Gasteiger partial charge in [0.1, 0.15) is 0 Å². The van der Waals surface area contributed by atoms with E-state index in [0.29, 0.717) is 11.9 Å². The van der Waals surface area contributed by atoms with Crippen LogP contribution in [0.15, 0.2) is 24.3 Å². The summed E-state index contributed by atoms with van der Waals surface area (Å²) < 4.78 is 5.31. The number of hydrogen-bond acceptors (Lipinski definition) is 2. The van der Waals surface area contributed by atoms with E-state index in [0.717, 1.165) is 26.1 Å². The molecule has 0 aromatic heterocycles. The molecule has 3 heteroatoms. The molecule has 1 fully saturated rings. The first-order chi connectivity index (χ1) is 7.38. The maximum Gasteiger partial charge on any atom is 0.0668 e. The van der Waals surface area contributed by atoms with Crippen LogP contribution in [0.1, 0.15) is 12.0 Å². The van der Waals surface area contributed by atoms with Crippen molar-refractivity contribution < 1.29 is 4.74 Å². The van der Waals surface area contributed by atoms with Crippen LogP contribution in [0.5, 0.6) is 0 Å². The summed E-state index contributed by atoms with van der Waals surface area (Å²) in [7, 11) is 0. The van der Waals surface area contributed by atoms with Crippen LogP contribution in [-0.4, -0.2) is 25.1 Å². The van der Waals surface area contributed by atoms with Crippen molar-refractivity contribution in [3.05, 3.63) is 29.8 Å². The lowest BCUT2D eigenvalue weighted by Crippen LogP contribution is -2.18. The first-order valence-corrected chi connectivity index (χ1v) is 5.91. The average Bonchev–Trinajstić information content (AvgIpc) is 2.74. The van der Waals surface area contributed by atoms with E-state index >= 15 is 0 Å². The fraction of sp³-hybridized carbons (Fsp3) is 0.500. The lowest BCUT2D eigenvalue weighted by molar-refractivity contribution is 0.195. The number of alkyl halides is 1. The lowest BCUT2D eigenvalue weighted by atomic mass is 10.1. The molecule has 15 heavy (non-hydrogen) atoms. The predicted octanol–water partition coefficient (Wildman–Crippen LogP) is 2.67. The number of benzene rings is 1. The number of ether oxygens (including phenoxy) is 1. The molecule has 1 aliphatic rings. The highest BCUT2D eigenvalue weighted by molar-refractivity contribution is 6.17. The van der Waals surface area contributed by atoms with Crippen molar-refractivity contribution in [2.24, 2.45) is 0 Å². The molecule has 0 spiro atoms. The molecule has 0 saturated carbocycles. The normalized spacial score (nSPS) is 20.5. The Kier molecular flexibility index (Phi) is 3.87. The van der Waals surface area contributed by atoms with Gasteiger partial charge in [0.05, 0.1) is 12.6 Å². The lowest BCUT2D eigenvalue weighted by Gasteiger charge is -2.12. The topological polar surface area (TPSA) is 21.3 Å². The van der Waals surface area contributed by atoms with E-state index in [4.69, 9.17) is 16.3 Å². The van der Waals surface area contributed by atoms with Gasteiger partial charge in [-0.05, 0) is 30.5 Å². The van der Waals surface area contributed by atoms with Gasteiger partial charge in [-0.2, -0.15) is 0 Å². The van der Waals surface area contributed by atoms with Crippen molar-refractivity contribution in [3.63, 3.8) is 0 Å². The van der Waals surface area contributed by atoms with Crippen molar-refractivity contribution in [2.45, 2.75) is 18.9 Å². The number of nitrogens with one attached hydrogen (secondary N) is 1. The Labute approximate surface area is 95.6 Å². The van der Waals surface area contributed by atoms with Gasteiger partial charge in [-0.3, -0.25) is 0 Å². The Hall–Kier alpha value is -0.730. The zero-order valence-electron chi connectivity index (χ0n) is 8.71. The first-order valence-electron chi connectivity index (χ1n) is 5.37. The zero-order valence-corrected chi connectivity index (χ0v) is 9.46. The smallest absolute Gasteiger partial charge is 0.0668 e. The number of hydrogen-bond donors (Lipinski definition) is 1. The minimum Gasteiger partial charge on any atom is -0.380 e. The predicted molar refractivity (Wildman–Crippen MR) is 63.7 cm³/mol. The summed E-state index contributed by atoms with van der Waals surface area (Å²) in [4.78, 5) is 0. The Morgan fingerprint density at radius 2 is 2.13 bits per heavy atom. The van der Waals surface area contributed by atoms with Crippen LogP contribution in [-0.2, 0) is 11.2 Å². The number of halogens is 1. The van der Waals surface area contributed by atoms with Gasteiger partial charge in [0.2, 0.25) is 0 Å². The van der Waals surface area contributed by atoms with E-state index in [1.165, 1.54) is 11.3 Å². The average molecular weight is 226 g/mol. The van der Waals surface area contributed by atoms with Crippen LogP contribution < -0.4 is 5.32 Å². The molecule has 1 aromatic carbocycles. The molecule has 82 valence electrons. The third kappa shape index (κ3) is 3.11. The molecule has 1 N–H and O–H groups in total. The van der Waals surface area contributed by atoms with Gasteiger partial charge < -0.3 is 10.1 Å². The SMILES string of the molecule is ClCCc1ccc(NC2CCOC2)cc1. The van der Waals surface area contributed by atoms with E-state index in [9.17, 15) is 0 Å². The van der Waals surface area contributed by atoms with Crippen LogP contribution >= 0.6 is 11.6 Å².